The molecule has 0 aliphatic rings. The fourth-order valence-electron chi connectivity index (χ4n) is 1.93. The number of nitrogens with two attached hydrogens (primary N) is 1. The summed E-state index contributed by atoms with van der Waals surface area (Å²) >= 11 is 0. The molecule has 1 aromatic carbocycles. The Morgan fingerprint density at radius 1 is 1.32 bits per heavy atom. The Hall–Kier alpha value is -1.71. The van der Waals surface area contributed by atoms with E-state index in [-0.39, 0.29) is 5.91 Å². The van der Waals surface area contributed by atoms with Gasteiger partial charge in [-0.3, -0.25) is 4.79 Å². The fourth-order valence-corrected chi connectivity index (χ4v) is 1.93. The second kappa shape index (κ2) is 7.02. The second-order valence-corrected chi connectivity index (χ2v) is 5.07. The second-order valence-electron chi connectivity index (χ2n) is 5.07. The van der Waals surface area contributed by atoms with E-state index in [9.17, 15) is 4.79 Å². The first-order valence-electron chi connectivity index (χ1n) is 6.84. The van der Waals surface area contributed by atoms with E-state index >= 15 is 0 Å². The average molecular weight is 263 g/mol. The highest BCUT2D eigenvalue weighted by molar-refractivity contribution is 5.95. The predicted octanol–water partition coefficient (Wildman–Crippen LogP) is 2.82. The molecule has 3 N–H and O–H groups in total. The third-order valence-electron chi connectivity index (χ3n) is 3.44. The summed E-state index contributed by atoms with van der Waals surface area (Å²) in [5.74, 6) is 0.623. The molecule has 0 aliphatic heterocycles. The number of benzene rings is 1. The molecule has 1 amide bonds. The summed E-state index contributed by atoms with van der Waals surface area (Å²) in [5, 5.41) is 3.35. The fraction of sp³-hybridized carbons (Fsp3) is 0.533. The smallest absolute Gasteiger partial charge is 0.253 e. The Bertz CT molecular complexity index is 425. The van der Waals surface area contributed by atoms with Gasteiger partial charge in [0.15, 0.2) is 0 Å². The summed E-state index contributed by atoms with van der Waals surface area (Å²) in [4.78, 5) is 13.5. The van der Waals surface area contributed by atoms with Crippen LogP contribution in [0.15, 0.2) is 18.2 Å². The lowest BCUT2D eigenvalue weighted by molar-refractivity contribution is 0.0827. The van der Waals surface area contributed by atoms with E-state index in [2.05, 4.69) is 19.2 Å². The lowest BCUT2D eigenvalue weighted by Crippen LogP contribution is -2.22. The maximum atomic E-state index is 11.9. The van der Waals surface area contributed by atoms with Crippen molar-refractivity contribution in [2.24, 2.45) is 5.92 Å². The van der Waals surface area contributed by atoms with E-state index in [0.717, 1.165) is 25.1 Å². The third kappa shape index (κ3) is 4.16. The third-order valence-corrected chi connectivity index (χ3v) is 3.44. The Morgan fingerprint density at radius 3 is 2.47 bits per heavy atom. The summed E-state index contributed by atoms with van der Waals surface area (Å²) in [6, 6.07) is 5.38. The van der Waals surface area contributed by atoms with Crippen molar-refractivity contribution in [1.29, 1.82) is 0 Å². The number of anilines is 2. The first-order valence-corrected chi connectivity index (χ1v) is 6.84. The standard InChI is InChI=1S/C15H25N3O/c1-5-11(6-2)10-17-14-9-12(7-8-13(14)16)15(19)18(3)4/h7-9,11,17H,5-6,10,16H2,1-4H3. The molecule has 0 unspecified atom stereocenters. The number of hydrogen-bond acceptors (Lipinski definition) is 3. The van der Waals surface area contributed by atoms with E-state index in [4.69, 9.17) is 5.73 Å². The SMILES string of the molecule is CCC(CC)CNc1cc(C(=O)N(C)C)ccc1N. The van der Waals surface area contributed by atoms with Gasteiger partial charge in [-0.15, -0.1) is 0 Å². The maximum absolute atomic E-state index is 11.9. The molecular formula is C15H25N3O. The van der Waals surface area contributed by atoms with Gasteiger partial charge < -0.3 is 16.0 Å². The Morgan fingerprint density at radius 2 is 1.95 bits per heavy atom. The van der Waals surface area contributed by atoms with Gasteiger partial charge in [-0.05, 0) is 24.1 Å². The van der Waals surface area contributed by atoms with Crippen molar-refractivity contribution in [2.45, 2.75) is 26.7 Å². The topological polar surface area (TPSA) is 58.4 Å². The molecule has 0 bridgehead atoms. The zero-order valence-electron chi connectivity index (χ0n) is 12.4. The molecule has 0 heterocycles. The van der Waals surface area contributed by atoms with Crippen LogP contribution >= 0.6 is 0 Å². The first kappa shape index (κ1) is 15.3. The number of carbonyl (C=O) groups is 1. The minimum absolute atomic E-state index is 0.00872. The zero-order valence-corrected chi connectivity index (χ0v) is 12.4. The number of nitrogen functional groups attached to an aromatic ring is 1. The number of hydrogen-bond donors (Lipinski definition) is 2. The van der Waals surface area contributed by atoms with Crippen molar-refractivity contribution in [2.75, 3.05) is 31.7 Å². The lowest BCUT2D eigenvalue weighted by Gasteiger charge is -2.17. The van der Waals surface area contributed by atoms with Crippen LogP contribution in [0, 0.1) is 5.92 Å². The van der Waals surface area contributed by atoms with Crippen molar-refractivity contribution >= 4 is 17.3 Å². The van der Waals surface area contributed by atoms with Crippen molar-refractivity contribution in [3.8, 4) is 0 Å². The normalized spacial score (nSPS) is 10.6. The van der Waals surface area contributed by atoms with Crippen molar-refractivity contribution in [3.63, 3.8) is 0 Å². The first-order chi connectivity index (χ1) is 8.99. The zero-order chi connectivity index (χ0) is 14.4. The number of nitrogens with zero attached hydrogens (tertiary/aromatic N) is 1. The number of rotatable bonds is 6. The number of amides is 1. The summed E-state index contributed by atoms with van der Waals surface area (Å²) in [5.41, 5.74) is 8.13. The molecule has 0 fully saturated rings. The minimum atomic E-state index is -0.00872. The molecule has 4 heteroatoms. The van der Waals surface area contributed by atoms with E-state index in [0.29, 0.717) is 17.2 Å². The molecule has 19 heavy (non-hydrogen) atoms. The molecule has 106 valence electrons. The van der Waals surface area contributed by atoms with Gasteiger partial charge in [0.1, 0.15) is 0 Å². The highest BCUT2D eigenvalue weighted by Gasteiger charge is 2.11. The van der Waals surface area contributed by atoms with Gasteiger partial charge >= 0.3 is 0 Å². The summed E-state index contributed by atoms with van der Waals surface area (Å²) in [6.07, 6.45) is 2.28. The largest absolute Gasteiger partial charge is 0.397 e. The van der Waals surface area contributed by atoms with E-state index in [1.165, 1.54) is 0 Å². The van der Waals surface area contributed by atoms with Crippen LogP contribution in [0.5, 0.6) is 0 Å². The molecule has 1 aromatic rings. The van der Waals surface area contributed by atoms with Gasteiger partial charge in [-0.1, -0.05) is 26.7 Å². The number of carbonyl (C=O) groups excluding carboxylic acids is 1. The van der Waals surface area contributed by atoms with Crippen molar-refractivity contribution in [3.05, 3.63) is 23.8 Å². The molecule has 0 aromatic heterocycles. The van der Waals surface area contributed by atoms with Gasteiger partial charge in [-0.25, -0.2) is 0 Å². The molecule has 0 radical (unpaired) electrons. The van der Waals surface area contributed by atoms with Gasteiger partial charge in [0.05, 0.1) is 11.4 Å². The lowest BCUT2D eigenvalue weighted by atomic mass is 10.0. The van der Waals surface area contributed by atoms with E-state index < -0.39 is 0 Å². The summed E-state index contributed by atoms with van der Waals surface area (Å²) < 4.78 is 0. The van der Waals surface area contributed by atoms with Crippen LogP contribution in [0.1, 0.15) is 37.0 Å². The highest BCUT2D eigenvalue weighted by atomic mass is 16.2. The van der Waals surface area contributed by atoms with Crippen LogP contribution in [0.2, 0.25) is 0 Å². The van der Waals surface area contributed by atoms with E-state index in [1.807, 2.05) is 6.07 Å². The van der Waals surface area contributed by atoms with Crippen LogP contribution in [0.25, 0.3) is 0 Å². The molecule has 4 nitrogen and oxygen atoms in total. The van der Waals surface area contributed by atoms with Crippen LogP contribution in [-0.4, -0.2) is 31.4 Å². The van der Waals surface area contributed by atoms with Crippen molar-refractivity contribution < 1.29 is 4.79 Å². The predicted molar refractivity (Wildman–Crippen MR) is 81.4 cm³/mol. The van der Waals surface area contributed by atoms with Gasteiger partial charge in [0, 0.05) is 26.2 Å². The van der Waals surface area contributed by atoms with Crippen LogP contribution in [0.3, 0.4) is 0 Å². The van der Waals surface area contributed by atoms with Crippen LogP contribution in [-0.2, 0) is 0 Å². The monoisotopic (exact) mass is 263 g/mol. The molecule has 0 spiro atoms. The molecule has 1 rings (SSSR count). The van der Waals surface area contributed by atoms with Crippen LogP contribution < -0.4 is 11.1 Å². The maximum Gasteiger partial charge on any atom is 0.253 e. The Kier molecular flexibility index (Phi) is 5.67. The average Bonchev–Trinajstić information content (AvgIpc) is 2.40. The minimum Gasteiger partial charge on any atom is -0.397 e. The molecule has 0 atom stereocenters. The quantitative estimate of drug-likeness (QED) is 0.776. The molecule has 0 aliphatic carbocycles. The Balaban J connectivity index is 2.83. The van der Waals surface area contributed by atoms with Gasteiger partial charge in [-0.2, -0.15) is 0 Å². The van der Waals surface area contributed by atoms with Crippen molar-refractivity contribution in [1.82, 2.24) is 4.90 Å². The highest BCUT2D eigenvalue weighted by Crippen LogP contribution is 2.21. The molecule has 0 saturated heterocycles. The van der Waals surface area contributed by atoms with E-state index in [1.54, 1.807) is 31.1 Å². The molecule has 0 saturated carbocycles. The van der Waals surface area contributed by atoms with Crippen LogP contribution in [0.4, 0.5) is 11.4 Å². The summed E-state index contributed by atoms with van der Waals surface area (Å²) in [6.45, 7) is 5.26. The van der Waals surface area contributed by atoms with Gasteiger partial charge in [0.25, 0.3) is 5.91 Å². The number of nitrogens with one attached hydrogen (secondary N) is 1. The van der Waals surface area contributed by atoms with Gasteiger partial charge in [0.2, 0.25) is 0 Å². The Labute approximate surface area is 116 Å². The molecular weight excluding hydrogens is 238 g/mol. The summed E-state index contributed by atoms with van der Waals surface area (Å²) in [7, 11) is 3.49.